The Kier molecular flexibility index (Phi) is 6.60. The first kappa shape index (κ1) is 15.4. The third-order valence-electron chi connectivity index (χ3n) is 2.68. The van der Waals surface area contributed by atoms with Crippen molar-refractivity contribution in [3.63, 3.8) is 0 Å². The quantitative estimate of drug-likeness (QED) is 0.787. The van der Waals surface area contributed by atoms with Gasteiger partial charge in [0.05, 0.1) is 12.3 Å². The van der Waals surface area contributed by atoms with Crippen LogP contribution in [0, 0.1) is 12.8 Å². The normalized spacial score (nSPS) is 11.2. The van der Waals surface area contributed by atoms with E-state index >= 15 is 0 Å². The van der Waals surface area contributed by atoms with Gasteiger partial charge in [-0.15, -0.1) is 11.3 Å². The molecule has 4 nitrogen and oxygen atoms in total. The van der Waals surface area contributed by atoms with Crippen molar-refractivity contribution in [2.75, 3.05) is 38.8 Å². The second-order valence-corrected chi connectivity index (χ2v) is 6.01. The van der Waals surface area contributed by atoms with Crippen LogP contribution in [0.5, 0.6) is 0 Å². The zero-order valence-electron chi connectivity index (χ0n) is 12.1. The van der Waals surface area contributed by atoms with Gasteiger partial charge in [-0.25, -0.2) is 4.98 Å². The van der Waals surface area contributed by atoms with Gasteiger partial charge in [-0.05, 0) is 19.4 Å². The predicted molar refractivity (Wildman–Crippen MR) is 78.5 cm³/mol. The lowest BCUT2D eigenvalue weighted by Gasteiger charge is -2.14. The molecule has 1 heterocycles. The summed E-state index contributed by atoms with van der Waals surface area (Å²) in [5.41, 5.74) is 1.13. The third kappa shape index (κ3) is 4.92. The van der Waals surface area contributed by atoms with Crippen LogP contribution in [0.3, 0.4) is 0 Å². The Hall–Kier alpha value is -0.650. The summed E-state index contributed by atoms with van der Waals surface area (Å²) >= 11 is 1.77. The number of nitrogens with one attached hydrogen (secondary N) is 1. The van der Waals surface area contributed by atoms with Gasteiger partial charge in [0.2, 0.25) is 0 Å². The van der Waals surface area contributed by atoms with Gasteiger partial charge < -0.3 is 15.0 Å². The topological polar surface area (TPSA) is 37.4 Å². The van der Waals surface area contributed by atoms with Crippen molar-refractivity contribution in [2.45, 2.75) is 27.3 Å². The van der Waals surface area contributed by atoms with Crippen molar-refractivity contribution in [1.82, 2.24) is 10.3 Å². The number of nitrogens with zero attached hydrogens (tertiary/aromatic N) is 2. The highest BCUT2D eigenvalue weighted by Gasteiger charge is 2.10. The zero-order valence-corrected chi connectivity index (χ0v) is 12.9. The van der Waals surface area contributed by atoms with Gasteiger partial charge in [0.15, 0.2) is 5.13 Å². The third-order valence-corrected chi connectivity index (χ3v) is 3.95. The van der Waals surface area contributed by atoms with Crippen molar-refractivity contribution in [1.29, 1.82) is 0 Å². The summed E-state index contributed by atoms with van der Waals surface area (Å²) in [5, 5.41) is 4.54. The van der Waals surface area contributed by atoms with Crippen LogP contribution in [0.1, 0.15) is 24.4 Å². The van der Waals surface area contributed by atoms with Crippen LogP contribution in [0.25, 0.3) is 0 Å². The Balaban J connectivity index is 2.52. The number of hydrogen-bond donors (Lipinski definition) is 1. The monoisotopic (exact) mass is 271 g/mol. The second-order valence-electron chi connectivity index (χ2n) is 4.94. The van der Waals surface area contributed by atoms with E-state index in [9.17, 15) is 0 Å². The molecule has 0 radical (unpaired) electrons. The molecule has 0 saturated heterocycles. The molecule has 1 aromatic heterocycles. The standard InChI is InChI=1S/C13H25N3OS/c1-10(2)8-14-9-12-11(3)15-13(18-12)16(4)6-7-17-5/h10,14H,6-9H2,1-5H3. The van der Waals surface area contributed by atoms with Crippen LogP contribution < -0.4 is 10.2 Å². The Morgan fingerprint density at radius 2 is 2.17 bits per heavy atom. The lowest BCUT2D eigenvalue weighted by Crippen LogP contribution is -2.21. The number of hydrogen-bond acceptors (Lipinski definition) is 5. The average molecular weight is 271 g/mol. The minimum atomic E-state index is 0.682. The van der Waals surface area contributed by atoms with E-state index < -0.39 is 0 Å². The molecule has 0 amide bonds. The van der Waals surface area contributed by atoms with E-state index in [0.29, 0.717) is 5.92 Å². The molecule has 0 unspecified atom stereocenters. The maximum Gasteiger partial charge on any atom is 0.185 e. The Morgan fingerprint density at radius 3 is 2.78 bits per heavy atom. The molecular formula is C13H25N3OS. The average Bonchev–Trinajstić information content (AvgIpc) is 2.67. The Labute approximate surface area is 114 Å². The van der Waals surface area contributed by atoms with E-state index in [-0.39, 0.29) is 0 Å². The highest BCUT2D eigenvalue weighted by Crippen LogP contribution is 2.24. The molecule has 0 fully saturated rings. The van der Waals surface area contributed by atoms with Crippen molar-refractivity contribution in [3.8, 4) is 0 Å². The summed E-state index contributed by atoms with van der Waals surface area (Å²) in [7, 11) is 3.78. The molecular weight excluding hydrogens is 246 g/mol. The van der Waals surface area contributed by atoms with Gasteiger partial charge in [-0.3, -0.25) is 0 Å². The maximum absolute atomic E-state index is 5.09. The minimum Gasteiger partial charge on any atom is -0.383 e. The summed E-state index contributed by atoms with van der Waals surface area (Å²) in [4.78, 5) is 8.08. The number of rotatable bonds is 8. The first-order valence-electron chi connectivity index (χ1n) is 6.41. The molecule has 0 aliphatic heterocycles. The molecule has 104 valence electrons. The predicted octanol–water partition coefficient (Wildman–Crippen LogP) is 2.28. The van der Waals surface area contributed by atoms with Crippen LogP contribution in [0.15, 0.2) is 0 Å². The van der Waals surface area contributed by atoms with Crippen molar-refractivity contribution in [3.05, 3.63) is 10.6 Å². The van der Waals surface area contributed by atoms with Crippen LogP contribution in [0.2, 0.25) is 0 Å². The van der Waals surface area contributed by atoms with Crippen LogP contribution >= 0.6 is 11.3 Å². The molecule has 18 heavy (non-hydrogen) atoms. The number of thiazole rings is 1. The molecule has 1 rings (SSSR count). The van der Waals surface area contributed by atoms with Gasteiger partial charge in [-0.1, -0.05) is 13.8 Å². The highest BCUT2D eigenvalue weighted by atomic mass is 32.1. The molecule has 0 spiro atoms. The molecule has 5 heteroatoms. The van der Waals surface area contributed by atoms with Crippen LogP contribution in [-0.4, -0.2) is 38.8 Å². The molecule has 0 atom stereocenters. The fraction of sp³-hybridized carbons (Fsp3) is 0.769. The first-order chi connectivity index (χ1) is 8.54. The fourth-order valence-electron chi connectivity index (χ4n) is 1.54. The number of aromatic nitrogens is 1. The summed E-state index contributed by atoms with van der Waals surface area (Å²) in [6, 6.07) is 0. The van der Waals surface area contributed by atoms with Crippen molar-refractivity contribution in [2.24, 2.45) is 5.92 Å². The fourth-order valence-corrected chi connectivity index (χ4v) is 2.56. The van der Waals surface area contributed by atoms with Crippen LogP contribution in [-0.2, 0) is 11.3 Å². The van der Waals surface area contributed by atoms with E-state index in [1.165, 1.54) is 4.88 Å². The lowest BCUT2D eigenvalue weighted by atomic mass is 10.2. The molecule has 0 bridgehead atoms. The zero-order chi connectivity index (χ0) is 13.5. The van der Waals surface area contributed by atoms with Gasteiger partial charge in [-0.2, -0.15) is 0 Å². The molecule has 0 aliphatic rings. The molecule has 1 N–H and O–H groups in total. The second kappa shape index (κ2) is 7.71. The Bertz CT molecular complexity index is 352. The van der Waals surface area contributed by atoms with E-state index in [1.54, 1.807) is 18.4 Å². The van der Waals surface area contributed by atoms with E-state index in [2.05, 4.69) is 43.0 Å². The van der Waals surface area contributed by atoms with Crippen LogP contribution in [0.4, 0.5) is 5.13 Å². The van der Waals surface area contributed by atoms with Crippen molar-refractivity contribution < 1.29 is 4.74 Å². The summed E-state index contributed by atoms with van der Waals surface area (Å²) < 4.78 is 5.09. The van der Waals surface area contributed by atoms with Gasteiger partial charge >= 0.3 is 0 Å². The number of likely N-dealkylation sites (N-methyl/N-ethyl adjacent to an activating group) is 1. The highest BCUT2D eigenvalue weighted by molar-refractivity contribution is 7.15. The summed E-state index contributed by atoms with van der Waals surface area (Å²) in [6.45, 7) is 10.1. The number of anilines is 1. The summed E-state index contributed by atoms with van der Waals surface area (Å²) in [5.74, 6) is 0.682. The Morgan fingerprint density at radius 1 is 1.44 bits per heavy atom. The largest absolute Gasteiger partial charge is 0.383 e. The SMILES string of the molecule is COCCN(C)c1nc(C)c(CNCC(C)C)s1. The van der Waals surface area contributed by atoms with Gasteiger partial charge in [0.25, 0.3) is 0 Å². The molecule has 1 aromatic rings. The minimum absolute atomic E-state index is 0.682. The molecule has 0 saturated carbocycles. The number of ether oxygens (including phenoxy) is 1. The van der Waals surface area contributed by atoms with E-state index in [0.717, 1.165) is 37.1 Å². The van der Waals surface area contributed by atoms with E-state index in [1.807, 2.05) is 0 Å². The molecule has 0 aromatic carbocycles. The smallest absolute Gasteiger partial charge is 0.185 e. The number of aryl methyl sites for hydroxylation is 1. The van der Waals surface area contributed by atoms with E-state index in [4.69, 9.17) is 4.74 Å². The van der Waals surface area contributed by atoms with Gasteiger partial charge in [0.1, 0.15) is 0 Å². The maximum atomic E-state index is 5.09. The summed E-state index contributed by atoms with van der Waals surface area (Å²) in [6.07, 6.45) is 0. The first-order valence-corrected chi connectivity index (χ1v) is 7.23. The lowest BCUT2D eigenvalue weighted by molar-refractivity contribution is 0.206. The van der Waals surface area contributed by atoms with Crippen molar-refractivity contribution >= 4 is 16.5 Å². The molecule has 0 aliphatic carbocycles. The van der Waals surface area contributed by atoms with Gasteiger partial charge in [0, 0.05) is 32.1 Å². The number of methoxy groups -OCH3 is 1.